The Morgan fingerprint density at radius 3 is 2.38 bits per heavy atom. The van der Waals surface area contributed by atoms with Gasteiger partial charge < -0.3 is 20.1 Å². The number of amides is 3. The highest BCUT2D eigenvalue weighted by molar-refractivity contribution is 6.07. The van der Waals surface area contributed by atoms with Gasteiger partial charge in [0, 0.05) is 80.3 Å². The van der Waals surface area contributed by atoms with Gasteiger partial charge in [-0.1, -0.05) is 43.5 Å². The van der Waals surface area contributed by atoms with Crippen LogP contribution in [-0.2, 0) is 6.54 Å². The minimum atomic E-state index is -0.129. The number of hydrogen-bond donors (Lipinski definition) is 2. The molecule has 8 nitrogen and oxygen atoms in total. The predicted octanol–water partition coefficient (Wildman–Crippen LogP) is 5.11. The first-order valence-electron chi connectivity index (χ1n) is 15.2. The molecule has 3 aromatic rings. The summed E-state index contributed by atoms with van der Waals surface area (Å²) in [4.78, 5) is 35.0. The number of nitrogens with zero attached hydrogens (tertiary/aromatic N) is 4. The Kier molecular flexibility index (Phi) is 8.32. The second-order valence-electron chi connectivity index (χ2n) is 11.8. The number of aromatic nitrogens is 2. The van der Waals surface area contributed by atoms with Crippen molar-refractivity contribution in [2.24, 2.45) is 0 Å². The van der Waals surface area contributed by atoms with Crippen LogP contribution in [0, 0.1) is 0 Å². The lowest BCUT2D eigenvalue weighted by molar-refractivity contribution is 0.0524. The van der Waals surface area contributed by atoms with Crippen molar-refractivity contribution < 1.29 is 9.59 Å². The van der Waals surface area contributed by atoms with Crippen LogP contribution in [0.3, 0.4) is 0 Å². The molecule has 1 aromatic carbocycles. The Bertz CT molecular complexity index is 1290. The Morgan fingerprint density at radius 2 is 1.62 bits per heavy atom. The molecule has 0 bridgehead atoms. The lowest BCUT2D eigenvalue weighted by Gasteiger charge is -2.40. The van der Waals surface area contributed by atoms with Gasteiger partial charge in [0.2, 0.25) is 0 Å². The van der Waals surface area contributed by atoms with Crippen molar-refractivity contribution in [1.29, 1.82) is 0 Å². The van der Waals surface area contributed by atoms with Crippen molar-refractivity contribution in [3.63, 3.8) is 0 Å². The number of benzene rings is 1. The normalized spacial score (nSPS) is 22.8. The van der Waals surface area contributed by atoms with Crippen LogP contribution in [0.5, 0.6) is 0 Å². The third kappa shape index (κ3) is 6.02. The molecular formula is C32H42N6O2. The molecule has 2 aromatic heterocycles. The number of para-hydroxylation sites is 1. The Balaban J connectivity index is 1.06. The first-order chi connectivity index (χ1) is 19.7. The van der Waals surface area contributed by atoms with Gasteiger partial charge in [-0.15, -0.1) is 0 Å². The predicted molar refractivity (Wildman–Crippen MR) is 157 cm³/mol. The molecule has 2 N–H and O–H groups in total. The number of carbonyl (C=O) groups excluding carboxylic acids is 2. The standard InChI is InChI=1S/C32H42N6O2/c39-31(37-19-17-36(18-20-37)26-8-2-1-3-9-26)29-23-38(30-11-5-4-10-28(29)30)27-14-12-25(13-15-27)35-32(40)34-22-24-7-6-16-33-21-24/h4-7,10-11,16,21,23,25-27H,1-3,8-9,12-15,17-20,22H2,(H2,34,35,40)/t25-,27-. The van der Waals surface area contributed by atoms with E-state index in [4.69, 9.17) is 0 Å². The summed E-state index contributed by atoms with van der Waals surface area (Å²) in [5.74, 6) is 0.166. The minimum absolute atomic E-state index is 0.129. The van der Waals surface area contributed by atoms with E-state index in [0.29, 0.717) is 18.6 Å². The van der Waals surface area contributed by atoms with Gasteiger partial charge >= 0.3 is 6.03 Å². The van der Waals surface area contributed by atoms with E-state index in [1.165, 1.54) is 32.1 Å². The van der Waals surface area contributed by atoms with Crippen LogP contribution < -0.4 is 10.6 Å². The summed E-state index contributed by atoms with van der Waals surface area (Å²) in [6.07, 6.45) is 16.1. The quantitative estimate of drug-likeness (QED) is 0.454. The summed E-state index contributed by atoms with van der Waals surface area (Å²) in [6.45, 7) is 4.07. The summed E-state index contributed by atoms with van der Waals surface area (Å²) in [5.41, 5.74) is 2.95. The number of rotatable bonds is 6. The monoisotopic (exact) mass is 542 g/mol. The molecule has 0 atom stereocenters. The van der Waals surface area contributed by atoms with Crippen molar-refractivity contribution in [2.75, 3.05) is 26.2 Å². The molecule has 3 heterocycles. The number of carbonyl (C=O) groups is 2. The fourth-order valence-corrected chi connectivity index (χ4v) is 7.00. The van der Waals surface area contributed by atoms with Crippen molar-refractivity contribution in [3.8, 4) is 0 Å². The van der Waals surface area contributed by atoms with Gasteiger partial charge in [0.25, 0.3) is 5.91 Å². The van der Waals surface area contributed by atoms with Crippen molar-refractivity contribution in [2.45, 2.75) is 82.5 Å². The van der Waals surface area contributed by atoms with Gasteiger partial charge in [-0.2, -0.15) is 0 Å². The van der Waals surface area contributed by atoms with E-state index in [1.54, 1.807) is 12.4 Å². The molecular weight excluding hydrogens is 500 g/mol. The Labute approximate surface area is 237 Å². The number of fused-ring (bicyclic) bond motifs is 1. The van der Waals surface area contributed by atoms with Gasteiger partial charge in [-0.3, -0.25) is 14.7 Å². The molecule has 6 rings (SSSR count). The maximum absolute atomic E-state index is 13.8. The summed E-state index contributed by atoms with van der Waals surface area (Å²) < 4.78 is 2.33. The lowest BCUT2D eigenvalue weighted by atomic mass is 9.91. The van der Waals surface area contributed by atoms with E-state index in [2.05, 4.69) is 54.4 Å². The van der Waals surface area contributed by atoms with Gasteiger partial charge in [0.15, 0.2) is 0 Å². The van der Waals surface area contributed by atoms with Crippen LogP contribution in [0.2, 0.25) is 0 Å². The maximum atomic E-state index is 13.8. The average Bonchev–Trinajstić information content (AvgIpc) is 3.41. The van der Waals surface area contributed by atoms with Crippen LogP contribution in [0.4, 0.5) is 4.79 Å². The zero-order chi connectivity index (χ0) is 27.3. The molecule has 3 amide bonds. The smallest absolute Gasteiger partial charge is 0.315 e. The highest BCUT2D eigenvalue weighted by atomic mass is 16.2. The lowest BCUT2D eigenvalue weighted by Crippen LogP contribution is -2.52. The van der Waals surface area contributed by atoms with Gasteiger partial charge in [0.1, 0.15) is 0 Å². The van der Waals surface area contributed by atoms with Crippen molar-refractivity contribution in [3.05, 3.63) is 66.1 Å². The number of pyridine rings is 1. The van der Waals surface area contributed by atoms with E-state index in [1.807, 2.05) is 18.2 Å². The highest BCUT2D eigenvalue weighted by Crippen LogP contribution is 2.34. The fourth-order valence-electron chi connectivity index (χ4n) is 7.00. The average molecular weight is 543 g/mol. The van der Waals surface area contributed by atoms with E-state index in [-0.39, 0.29) is 18.0 Å². The molecule has 2 saturated carbocycles. The molecule has 1 saturated heterocycles. The molecule has 212 valence electrons. The van der Waals surface area contributed by atoms with Crippen LogP contribution in [-0.4, -0.2) is 69.6 Å². The largest absolute Gasteiger partial charge is 0.344 e. The first-order valence-corrected chi connectivity index (χ1v) is 15.2. The summed E-state index contributed by atoms with van der Waals surface area (Å²) in [6, 6.07) is 13.2. The molecule has 3 fully saturated rings. The van der Waals surface area contributed by atoms with Crippen LogP contribution in [0.1, 0.15) is 79.8 Å². The van der Waals surface area contributed by atoms with E-state index in [0.717, 1.165) is 73.9 Å². The van der Waals surface area contributed by atoms with E-state index in [9.17, 15) is 9.59 Å². The molecule has 0 unspecified atom stereocenters. The van der Waals surface area contributed by atoms with Gasteiger partial charge in [-0.25, -0.2) is 4.79 Å². The number of urea groups is 1. The zero-order valence-corrected chi connectivity index (χ0v) is 23.4. The van der Waals surface area contributed by atoms with Crippen LogP contribution >= 0.6 is 0 Å². The summed E-state index contributed by atoms with van der Waals surface area (Å²) in [7, 11) is 0. The number of hydrogen-bond acceptors (Lipinski definition) is 4. The second kappa shape index (κ2) is 12.4. The molecule has 0 radical (unpaired) electrons. The molecule has 0 spiro atoms. The summed E-state index contributed by atoms with van der Waals surface area (Å²) >= 11 is 0. The molecule has 40 heavy (non-hydrogen) atoms. The second-order valence-corrected chi connectivity index (χ2v) is 11.8. The van der Waals surface area contributed by atoms with E-state index >= 15 is 0 Å². The molecule has 3 aliphatic rings. The Hall–Kier alpha value is -3.39. The number of piperazine rings is 1. The third-order valence-corrected chi connectivity index (χ3v) is 9.26. The van der Waals surface area contributed by atoms with Gasteiger partial charge in [0.05, 0.1) is 5.56 Å². The van der Waals surface area contributed by atoms with Crippen molar-refractivity contribution in [1.82, 2.24) is 30.0 Å². The summed E-state index contributed by atoms with van der Waals surface area (Å²) in [5, 5.41) is 7.14. The topological polar surface area (TPSA) is 82.5 Å². The highest BCUT2D eigenvalue weighted by Gasteiger charge is 2.30. The first kappa shape index (κ1) is 26.8. The SMILES string of the molecule is O=C(NCc1cccnc1)N[C@H]1CC[C@H](n2cc(C(=O)N3CCN(C4CCCCC4)CC3)c3ccccc32)CC1. The molecule has 1 aliphatic heterocycles. The molecule has 8 heteroatoms. The minimum Gasteiger partial charge on any atom is -0.344 e. The van der Waals surface area contributed by atoms with Crippen molar-refractivity contribution >= 4 is 22.8 Å². The Morgan fingerprint density at radius 1 is 0.850 bits per heavy atom. The maximum Gasteiger partial charge on any atom is 0.315 e. The third-order valence-electron chi connectivity index (χ3n) is 9.26. The number of nitrogens with one attached hydrogen (secondary N) is 2. The zero-order valence-electron chi connectivity index (χ0n) is 23.4. The fraction of sp³-hybridized carbons (Fsp3) is 0.531. The van der Waals surface area contributed by atoms with E-state index < -0.39 is 0 Å². The van der Waals surface area contributed by atoms with Gasteiger partial charge in [-0.05, 0) is 56.2 Å². The van der Waals surface area contributed by atoms with Crippen LogP contribution in [0.25, 0.3) is 10.9 Å². The molecule has 2 aliphatic carbocycles. The van der Waals surface area contributed by atoms with Crippen LogP contribution in [0.15, 0.2) is 55.0 Å².